The van der Waals surface area contributed by atoms with E-state index in [1.54, 1.807) is 16.9 Å². The van der Waals surface area contributed by atoms with Gasteiger partial charge in [-0.15, -0.1) is 0 Å². The second kappa shape index (κ2) is 4.79. The van der Waals surface area contributed by atoms with Crippen molar-refractivity contribution in [3.8, 4) is 11.9 Å². The van der Waals surface area contributed by atoms with Crippen LogP contribution < -0.4 is 0 Å². The highest BCUT2D eigenvalue weighted by Crippen LogP contribution is 2.24. The smallest absolute Gasteiger partial charge is 0.173 e. The van der Waals surface area contributed by atoms with Gasteiger partial charge in [0.25, 0.3) is 0 Å². The van der Waals surface area contributed by atoms with Crippen LogP contribution in [0.3, 0.4) is 0 Å². The minimum atomic E-state index is 0.341. The molecule has 0 N–H and O–H groups in total. The zero-order valence-corrected chi connectivity index (χ0v) is 11.3. The standard InChI is InChI=1S/C13H13ClN4/c1-4-11-8(2)17-18(9(11)3)13-12(14)10(7-15)5-6-16-13/h5-6H,4H2,1-3H3. The van der Waals surface area contributed by atoms with E-state index in [4.69, 9.17) is 16.9 Å². The van der Waals surface area contributed by atoms with Gasteiger partial charge in [-0.3, -0.25) is 0 Å². The number of hydrogen-bond acceptors (Lipinski definition) is 3. The minimum absolute atomic E-state index is 0.341. The molecule has 0 unspecified atom stereocenters. The molecule has 4 nitrogen and oxygen atoms in total. The molecule has 18 heavy (non-hydrogen) atoms. The summed E-state index contributed by atoms with van der Waals surface area (Å²) in [6.07, 6.45) is 2.48. The minimum Gasteiger partial charge on any atom is -0.236 e. The number of aryl methyl sites for hydroxylation is 1. The second-order valence-electron chi connectivity index (χ2n) is 4.02. The summed E-state index contributed by atoms with van der Waals surface area (Å²) in [5.41, 5.74) is 3.58. The van der Waals surface area contributed by atoms with Gasteiger partial charge in [0.2, 0.25) is 0 Å². The van der Waals surface area contributed by atoms with Crippen molar-refractivity contribution in [2.24, 2.45) is 0 Å². The van der Waals surface area contributed by atoms with Crippen molar-refractivity contribution >= 4 is 11.6 Å². The molecule has 2 aromatic heterocycles. The Morgan fingerprint density at radius 1 is 1.44 bits per heavy atom. The monoisotopic (exact) mass is 260 g/mol. The first-order valence-electron chi connectivity index (χ1n) is 5.70. The maximum atomic E-state index is 8.97. The molecule has 0 radical (unpaired) electrons. The Hall–Kier alpha value is -1.86. The van der Waals surface area contributed by atoms with Crippen LogP contribution in [0.2, 0.25) is 5.02 Å². The molecule has 2 aromatic rings. The van der Waals surface area contributed by atoms with Gasteiger partial charge in [-0.2, -0.15) is 10.4 Å². The molecule has 0 aliphatic heterocycles. The Balaban J connectivity index is 2.67. The summed E-state index contributed by atoms with van der Waals surface area (Å²) in [4.78, 5) is 4.22. The lowest BCUT2D eigenvalue weighted by molar-refractivity contribution is 0.805. The van der Waals surface area contributed by atoms with Gasteiger partial charge >= 0.3 is 0 Å². The number of pyridine rings is 1. The summed E-state index contributed by atoms with van der Waals surface area (Å²) >= 11 is 6.17. The summed E-state index contributed by atoms with van der Waals surface area (Å²) in [5, 5.41) is 13.8. The molecule has 0 fully saturated rings. The third kappa shape index (κ3) is 1.87. The van der Waals surface area contributed by atoms with Gasteiger partial charge in [-0.25, -0.2) is 9.67 Å². The van der Waals surface area contributed by atoms with Crippen molar-refractivity contribution in [2.45, 2.75) is 27.2 Å². The molecule has 5 heteroatoms. The molecule has 0 aromatic carbocycles. The fraction of sp³-hybridized carbons (Fsp3) is 0.308. The molecular formula is C13H13ClN4. The molecule has 0 saturated carbocycles. The fourth-order valence-corrected chi connectivity index (χ4v) is 2.29. The Morgan fingerprint density at radius 2 is 2.17 bits per heavy atom. The molecule has 0 aliphatic rings. The van der Waals surface area contributed by atoms with E-state index in [9.17, 15) is 0 Å². The lowest BCUT2D eigenvalue weighted by atomic mass is 10.1. The maximum Gasteiger partial charge on any atom is 0.173 e. The van der Waals surface area contributed by atoms with E-state index < -0.39 is 0 Å². The third-order valence-corrected chi connectivity index (χ3v) is 3.36. The highest BCUT2D eigenvalue weighted by atomic mass is 35.5. The molecule has 0 saturated heterocycles. The molecular weight excluding hydrogens is 248 g/mol. The van der Waals surface area contributed by atoms with Crippen LogP contribution in [-0.2, 0) is 6.42 Å². The van der Waals surface area contributed by atoms with Gasteiger partial charge < -0.3 is 0 Å². The zero-order valence-electron chi connectivity index (χ0n) is 10.5. The van der Waals surface area contributed by atoms with E-state index in [-0.39, 0.29) is 0 Å². The molecule has 0 aliphatic carbocycles. The molecule has 2 rings (SSSR count). The van der Waals surface area contributed by atoms with E-state index in [0.717, 1.165) is 17.8 Å². The number of nitrogens with zero attached hydrogens (tertiary/aromatic N) is 4. The number of rotatable bonds is 2. The van der Waals surface area contributed by atoms with Crippen molar-refractivity contribution in [2.75, 3.05) is 0 Å². The van der Waals surface area contributed by atoms with Gasteiger partial charge in [-0.1, -0.05) is 18.5 Å². The molecule has 0 spiro atoms. The van der Waals surface area contributed by atoms with Crippen molar-refractivity contribution in [1.29, 1.82) is 5.26 Å². The van der Waals surface area contributed by atoms with E-state index in [1.807, 2.05) is 19.9 Å². The number of halogens is 1. The first-order valence-corrected chi connectivity index (χ1v) is 6.08. The average molecular weight is 261 g/mol. The first-order chi connectivity index (χ1) is 8.60. The van der Waals surface area contributed by atoms with E-state index in [1.165, 1.54) is 5.56 Å². The van der Waals surface area contributed by atoms with Gasteiger partial charge in [0.15, 0.2) is 5.82 Å². The second-order valence-corrected chi connectivity index (χ2v) is 4.40. The van der Waals surface area contributed by atoms with Crippen molar-refractivity contribution in [3.05, 3.63) is 39.8 Å². The van der Waals surface area contributed by atoms with E-state index in [0.29, 0.717) is 16.4 Å². The van der Waals surface area contributed by atoms with Gasteiger partial charge in [-0.05, 0) is 31.9 Å². The predicted octanol–water partition coefficient (Wildman–Crippen LogP) is 2.97. The summed E-state index contributed by atoms with van der Waals surface area (Å²) in [7, 11) is 0. The van der Waals surface area contributed by atoms with Crippen LogP contribution >= 0.6 is 11.6 Å². The van der Waals surface area contributed by atoms with Gasteiger partial charge in [0, 0.05) is 11.9 Å². The Kier molecular flexibility index (Phi) is 3.35. The molecule has 0 bridgehead atoms. The summed E-state index contributed by atoms with van der Waals surface area (Å²) < 4.78 is 1.71. The highest BCUT2D eigenvalue weighted by Gasteiger charge is 2.16. The predicted molar refractivity (Wildman–Crippen MR) is 69.9 cm³/mol. The van der Waals surface area contributed by atoms with Crippen LogP contribution in [0.15, 0.2) is 12.3 Å². The van der Waals surface area contributed by atoms with Crippen molar-refractivity contribution in [3.63, 3.8) is 0 Å². The lowest BCUT2D eigenvalue weighted by Crippen LogP contribution is -2.04. The third-order valence-electron chi connectivity index (χ3n) is 2.99. The average Bonchev–Trinajstić information content (AvgIpc) is 2.64. The maximum absolute atomic E-state index is 8.97. The number of aromatic nitrogens is 3. The van der Waals surface area contributed by atoms with Crippen LogP contribution in [0.25, 0.3) is 5.82 Å². The Morgan fingerprint density at radius 3 is 2.72 bits per heavy atom. The van der Waals surface area contributed by atoms with Crippen LogP contribution in [0, 0.1) is 25.2 Å². The Labute approximate surface area is 111 Å². The van der Waals surface area contributed by atoms with Crippen LogP contribution in [-0.4, -0.2) is 14.8 Å². The van der Waals surface area contributed by atoms with E-state index >= 15 is 0 Å². The number of nitriles is 1. The van der Waals surface area contributed by atoms with Gasteiger partial charge in [0.05, 0.1) is 11.3 Å². The van der Waals surface area contributed by atoms with Crippen molar-refractivity contribution in [1.82, 2.24) is 14.8 Å². The fourth-order valence-electron chi connectivity index (χ4n) is 2.06. The number of hydrogen-bond donors (Lipinski definition) is 0. The van der Waals surface area contributed by atoms with Crippen LogP contribution in [0.1, 0.15) is 29.4 Å². The Bertz CT molecular complexity index is 637. The lowest BCUT2D eigenvalue weighted by Gasteiger charge is -2.06. The zero-order chi connectivity index (χ0) is 13.3. The highest BCUT2D eigenvalue weighted by molar-refractivity contribution is 6.33. The normalized spacial score (nSPS) is 10.4. The SMILES string of the molecule is CCc1c(C)nn(-c2nccc(C#N)c2Cl)c1C. The first kappa shape index (κ1) is 12.6. The summed E-state index contributed by atoms with van der Waals surface area (Å²) in [6.45, 7) is 6.03. The molecule has 0 atom stereocenters. The molecule has 2 heterocycles. The largest absolute Gasteiger partial charge is 0.236 e. The topological polar surface area (TPSA) is 54.5 Å². The summed E-state index contributed by atoms with van der Waals surface area (Å²) in [6, 6.07) is 3.64. The van der Waals surface area contributed by atoms with Gasteiger partial charge in [0.1, 0.15) is 11.1 Å². The van der Waals surface area contributed by atoms with Crippen LogP contribution in [0.5, 0.6) is 0 Å². The molecule has 0 amide bonds. The van der Waals surface area contributed by atoms with Crippen LogP contribution in [0.4, 0.5) is 0 Å². The van der Waals surface area contributed by atoms with Crippen molar-refractivity contribution < 1.29 is 0 Å². The molecule has 92 valence electrons. The summed E-state index contributed by atoms with van der Waals surface area (Å²) in [5.74, 6) is 0.510. The quantitative estimate of drug-likeness (QED) is 0.834. The van der Waals surface area contributed by atoms with E-state index in [2.05, 4.69) is 17.0 Å².